The number of nitrogens with one attached hydrogen (secondary N) is 3. The number of carbonyl (C=O) groups is 1. The molecular weight excluding hydrogens is 435 g/mol. The number of guanidine groups is 1. The van der Waals surface area contributed by atoms with Crippen molar-refractivity contribution in [3.8, 4) is 0 Å². The van der Waals surface area contributed by atoms with Gasteiger partial charge in [0.2, 0.25) is 0 Å². The molecule has 0 radical (unpaired) electrons. The molecule has 150 valence electrons. The Kier molecular flexibility index (Phi) is 12.5. The Morgan fingerprint density at radius 3 is 2.08 bits per heavy atom. The third kappa shape index (κ3) is 13.1. The Morgan fingerprint density at radius 1 is 1.12 bits per heavy atom. The van der Waals surface area contributed by atoms with Crippen LogP contribution in [0.1, 0.15) is 48.5 Å². The molecule has 7 nitrogen and oxygen atoms in total. The molecule has 8 heteroatoms. The molecule has 0 rings (SSSR count). The van der Waals surface area contributed by atoms with Crippen molar-refractivity contribution in [3.05, 3.63) is 0 Å². The first-order valence-electron chi connectivity index (χ1n) is 8.39. The van der Waals surface area contributed by atoms with Gasteiger partial charge < -0.3 is 25.4 Å². The van der Waals surface area contributed by atoms with Crippen LogP contribution in [0.2, 0.25) is 0 Å². The number of hydrogen-bond donors (Lipinski definition) is 3. The van der Waals surface area contributed by atoms with Crippen LogP contribution in [-0.2, 0) is 9.47 Å². The molecule has 0 bridgehead atoms. The van der Waals surface area contributed by atoms with E-state index in [4.69, 9.17) is 9.47 Å². The van der Waals surface area contributed by atoms with Gasteiger partial charge >= 0.3 is 6.09 Å². The SMILES string of the molecule is CN=C(NCC(NC(=O)OC(C)(C)C)C(C)C)NCC(C)(C)OC.I. The maximum Gasteiger partial charge on any atom is 0.407 e. The Morgan fingerprint density at radius 2 is 1.68 bits per heavy atom. The molecule has 0 aliphatic heterocycles. The van der Waals surface area contributed by atoms with Gasteiger partial charge in [0.15, 0.2) is 5.96 Å². The second kappa shape index (κ2) is 11.8. The first-order chi connectivity index (χ1) is 10.9. The monoisotopic (exact) mass is 472 g/mol. The number of alkyl carbamates (subject to hydrolysis) is 1. The summed E-state index contributed by atoms with van der Waals surface area (Å²) in [5.41, 5.74) is -0.799. The van der Waals surface area contributed by atoms with E-state index in [0.29, 0.717) is 19.0 Å². The highest BCUT2D eigenvalue weighted by Gasteiger charge is 2.22. The quantitative estimate of drug-likeness (QED) is 0.302. The van der Waals surface area contributed by atoms with Crippen LogP contribution in [0.4, 0.5) is 4.79 Å². The minimum absolute atomic E-state index is 0. The summed E-state index contributed by atoms with van der Waals surface area (Å²) >= 11 is 0. The van der Waals surface area contributed by atoms with E-state index in [1.165, 1.54) is 0 Å². The lowest BCUT2D eigenvalue weighted by molar-refractivity contribution is 0.0268. The molecule has 0 saturated heterocycles. The van der Waals surface area contributed by atoms with E-state index in [0.717, 1.165) is 0 Å². The van der Waals surface area contributed by atoms with Crippen molar-refractivity contribution in [2.24, 2.45) is 10.9 Å². The number of amides is 1. The van der Waals surface area contributed by atoms with Crippen LogP contribution in [0, 0.1) is 5.92 Å². The van der Waals surface area contributed by atoms with E-state index in [1.807, 2.05) is 48.5 Å². The van der Waals surface area contributed by atoms with Gasteiger partial charge in [-0.2, -0.15) is 0 Å². The molecule has 1 atom stereocenters. The van der Waals surface area contributed by atoms with Gasteiger partial charge in [0.25, 0.3) is 0 Å². The van der Waals surface area contributed by atoms with Crippen LogP contribution in [0.25, 0.3) is 0 Å². The van der Waals surface area contributed by atoms with Gasteiger partial charge in [0.05, 0.1) is 11.6 Å². The Hall–Kier alpha value is -0.770. The summed E-state index contributed by atoms with van der Waals surface area (Å²) in [6.07, 6.45) is -0.411. The molecular formula is C17H37IN4O3. The van der Waals surface area contributed by atoms with Crippen molar-refractivity contribution in [2.75, 3.05) is 27.2 Å². The zero-order valence-corrected chi connectivity index (χ0v) is 19.5. The lowest BCUT2D eigenvalue weighted by Gasteiger charge is -2.27. The van der Waals surface area contributed by atoms with Gasteiger partial charge in [-0.25, -0.2) is 4.79 Å². The molecule has 0 saturated carbocycles. The number of methoxy groups -OCH3 is 1. The molecule has 0 fully saturated rings. The zero-order chi connectivity index (χ0) is 19.0. The standard InChI is InChI=1S/C17H36N4O3.HI/c1-12(2)13(21-15(22)24-16(3,4)5)10-19-14(18-8)20-11-17(6,7)23-9;/h12-13H,10-11H2,1-9H3,(H,21,22)(H2,18,19,20);1H. The summed E-state index contributed by atoms with van der Waals surface area (Å²) in [6.45, 7) is 14.8. The molecule has 0 aromatic rings. The summed E-state index contributed by atoms with van der Waals surface area (Å²) in [7, 11) is 3.39. The molecule has 25 heavy (non-hydrogen) atoms. The van der Waals surface area contributed by atoms with Crippen molar-refractivity contribution >= 4 is 36.0 Å². The molecule has 0 aromatic carbocycles. The third-order valence-electron chi connectivity index (χ3n) is 3.45. The molecule has 1 amide bonds. The predicted octanol–water partition coefficient (Wildman–Crippen LogP) is 2.74. The van der Waals surface area contributed by atoms with Gasteiger partial charge in [-0.1, -0.05) is 13.8 Å². The molecule has 0 aromatic heterocycles. The number of carbonyl (C=O) groups excluding carboxylic acids is 1. The maximum absolute atomic E-state index is 12.0. The van der Waals surface area contributed by atoms with Crippen LogP contribution in [0.15, 0.2) is 4.99 Å². The van der Waals surface area contributed by atoms with Crippen molar-refractivity contribution in [1.29, 1.82) is 0 Å². The number of nitrogens with zero attached hydrogens (tertiary/aromatic N) is 1. The minimum atomic E-state index is -0.512. The van der Waals surface area contributed by atoms with Crippen LogP contribution in [-0.4, -0.2) is 56.5 Å². The Balaban J connectivity index is 0. The molecule has 0 aliphatic rings. The van der Waals surface area contributed by atoms with E-state index in [2.05, 4.69) is 20.9 Å². The largest absolute Gasteiger partial charge is 0.444 e. The normalized spacial score (nSPS) is 13.8. The van der Waals surface area contributed by atoms with Gasteiger partial charge in [-0.15, -0.1) is 24.0 Å². The second-order valence-electron chi connectivity index (χ2n) is 7.77. The number of halogens is 1. The van der Waals surface area contributed by atoms with Crippen LogP contribution >= 0.6 is 24.0 Å². The van der Waals surface area contributed by atoms with E-state index in [-0.39, 0.29) is 41.5 Å². The third-order valence-corrected chi connectivity index (χ3v) is 3.45. The summed E-state index contributed by atoms with van der Waals surface area (Å²) < 4.78 is 10.7. The van der Waals surface area contributed by atoms with E-state index in [1.54, 1.807) is 14.2 Å². The highest BCUT2D eigenvalue weighted by Crippen LogP contribution is 2.08. The average molecular weight is 472 g/mol. The molecule has 3 N–H and O–H groups in total. The van der Waals surface area contributed by atoms with Gasteiger partial charge in [0, 0.05) is 27.2 Å². The molecule has 0 spiro atoms. The number of aliphatic imine (C=N–C) groups is 1. The fourth-order valence-corrected chi connectivity index (χ4v) is 1.71. The van der Waals surface area contributed by atoms with Crippen LogP contribution in [0.3, 0.4) is 0 Å². The van der Waals surface area contributed by atoms with E-state index >= 15 is 0 Å². The number of ether oxygens (including phenoxy) is 2. The smallest absolute Gasteiger partial charge is 0.407 e. The number of rotatable bonds is 7. The maximum atomic E-state index is 12.0. The summed E-state index contributed by atoms with van der Waals surface area (Å²) in [6, 6.07) is -0.0752. The van der Waals surface area contributed by atoms with Crippen LogP contribution < -0.4 is 16.0 Å². The van der Waals surface area contributed by atoms with Gasteiger partial charge in [0.1, 0.15) is 5.60 Å². The first kappa shape index (κ1) is 26.5. The van der Waals surface area contributed by atoms with Crippen LogP contribution in [0.5, 0.6) is 0 Å². The van der Waals surface area contributed by atoms with Gasteiger partial charge in [-0.05, 0) is 40.5 Å². The Labute approximate surface area is 170 Å². The van der Waals surface area contributed by atoms with Crippen molar-refractivity contribution in [1.82, 2.24) is 16.0 Å². The summed E-state index contributed by atoms with van der Waals surface area (Å²) in [5, 5.41) is 9.35. The zero-order valence-electron chi connectivity index (χ0n) is 17.1. The van der Waals surface area contributed by atoms with Crippen molar-refractivity contribution in [3.63, 3.8) is 0 Å². The summed E-state index contributed by atoms with van der Waals surface area (Å²) in [5.74, 6) is 0.912. The number of hydrogen-bond acceptors (Lipinski definition) is 4. The minimum Gasteiger partial charge on any atom is -0.444 e. The van der Waals surface area contributed by atoms with Crippen molar-refractivity contribution < 1.29 is 14.3 Å². The lowest BCUT2D eigenvalue weighted by Crippen LogP contribution is -2.51. The molecule has 1 unspecified atom stereocenters. The second-order valence-corrected chi connectivity index (χ2v) is 7.77. The van der Waals surface area contributed by atoms with E-state index in [9.17, 15) is 4.79 Å². The first-order valence-corrected chi connectivity index (χ1v) is 8.39. The topological polar surface area (TPSA) is 84.0 Å². The molecule has 0 aliphatic carbocycles. The Bertz CT molecular complexity index is 421. The van der Waals surface area contributed by atoms with Crippen molar-refractivity contribution in [2.45, 2.75) is 65.7 Å². The fraction of sp³-hybridized carbons (Fsp3) is 0.882. The van der Waals surface area contributed by atoms with Gasteiger partial charge in [-0.3, -0.25) is 4.99 Å². The molecule has 0 heterocycles. The predicted molar refractivity (Wildman–Crippen MR) is 114 cm³/mol. The highest BCUT2D eigenvalue weighted by molar-refractivity contribution is 14.0. The average Bonchev–Trinajstić information content (AvgIpc) is 2.43. The fourth-order valence-electron chi connectivity index (χ4n) is 1.71. The summed E-state index contributed by atoms with van der Waals surface area (Å²) in [4.78, 5) is 16.2. The lowest BCUT2D eigenvalue weighted by atomic mass is 10.0. The van der Waals surface area contributed by atoms with E-state index < -0.39 is 11.7 Å². The highest BCUT2D eigenvalue weighted by atomic mass is 127.